The maximum Gasteiger partial charge on any atom is 0.319 e. The van der Waals surface area contributed by atoms with E-state index in [0.717, 1.165) is 0 Å². The largest absolute Gasteiger partial charge is 0.325 e. The van der Waals surface area contributed by atoms with Gasteiger partial charge in [-0.1, -0.05) is 143 Å². The zero-order valence-electron chi connectivity index (χ0n) is 21.8. The molecule has 0 aromatic rings. The molecule has 0 rings (SSSR count). The van der Waals surface area contributed by atoms with Crippen LogP contribution in [0.1, 0.15) is 143 Å². The monoisotopic (exact) mass is 604 g/mol. The Morgan fingerprint density at radius 3 is 0.545 bits per heavy atom. The summed E-state index contributed by atoms with van der Waals surface area (Å²) in [5, 5.41) is 0. The Balaban J connectivity index is -0.000000112. The molecule has 0 amide bonds. The molecule has 0 aromatic heterocycles. The second-order valence-corrected chi connectivity index (χ2v) is 13.0. The van der Waals surface area contributed by atoms with Crippen molar-refractivity contribution in [3.8, 4) is 0 Å². The van der Waals surface area contributed by atoms with Crippen LogP contribution in [0.25, 0.3) is 0 Å². The fourth-order valence-corrected chi connectivity index (χ4v) is 2.77. The zero-order chi connectivity index (χ0) is 25.7. The Bertz CT molecular complexity index is 353. The van der Waals surface area contributed by atoms with Crippen LogP contribution in [-0.4, -0.2) is 29.4 Å². The molecule has 6 nitrogen and oxygen atoms in total. The molecule has 0 saturated heterocycles. The Kier molecular flexibility index (Phi) is 48.5. The zero-order valence-corrected chi connectivity index (χ0v) is 28.2. The SMILES string of the molecule is CCCCCCCCCCC.CCCCCCCCCCC.OP(O)(O)=S.OP(O)(O)=S.[Zn]. The molecule has 0 bridgehead atoms. The van der Waals surface area contributed by atoms with E-state index in [9.17, 15) is 0 Å². The van der Waals surface area contributed by atoms with E-state index in [1.54, 1.807) is 0 Å². The summed E-state index contributed by atoms with van der Waals surface area (Å²) in [6.45, 7) is 1.49. The second kappa shape index (κ2) is 35.8. The van der Waals surface area contributed by atoms with Gasteiger partial charge in [0.15, 0.2) is 0 Å². The molecule has 0 saturated carbocycles. The van der Waals surface area contributed by atoms with E-state index in [1.807, 2.05) is 0 Å². The van der Waals surface area contributed by atoms with Gasteiger partial charge in [0.2, 0.25) is 0 Å². The van der Waals surface area contributed by atoms with Crippen LogP contribution in [0, 0.1) is 0 Å². The summed E-state index contributed by atoms with van der Waals surface area (Å²) >= 11 is 7.21. The fraction of sp³-hybridized carbons (Fsp3) is 1.00. The van der Waals surface area contributed by atoms with Gasteiger partial charge in [-0.05, 0) is 23.6 Å². The van der Waals surface area contributed by atoms with Gasteiger partial charge in [0.25, 0.3) is 0 Å². The van der Waals surface area contributed by atoms with Crippen LogP contribution >= 0.6 is 13.4 Å². The summed E-state index contributed by atoms with van der Waals surface area (Å²) in [6, 6.07) is 0. The van der Waals surface area contributed by atoms with E-state index < -0.39 is 13.4 Å². The van der Waals surface area contributed by atoms with Crippen molar-refractivity contribution in [3.05, 3.63) is 0 Å². The van der Waals surface area contributed by atoms with Crippen molar-refractivity contribution in [2.75, 3.05) is 0 Å². The van der Waals surface area contributed by atoms with Crippen LogP contribution in [0.2, 0.25) is 0 Å². The van der Waals surface area contributed by atoms with Crippen molar-refractivity contribution in [1.82, 2.24) is 0 Å². The maximum atomic E-state index is 7.56. The van der Waals surface area contributed by atoms with Gasteiger partial charge in [0.05, 0.1) is 0 Å². The van der Waals surface area contributed by atoms with Crippen LogP contribution in [0.4, 0.5) is 0 Å². The topological polar surface area (TPSA) is 121 Å². The molecule has 0 aliphatic rings. The number of rotatable bonds is 16. The summed E-state index contributed by atoms with van der Waals surface area (Å²) in [4.78, 5) is 45.3. The number of unbranched alkanes of at least 4 members (excludes halogenated alkanes) is 16. The van der Waals surface area contributed by atoms with E-state index in [2.05, 4.69) is 51.3 Å². The van der Waals surface area contributed by atoms with Crippen LogP contribution in [0.3, 0.4) is 0 Å². The molecule has 0 aliphatic heterocycles. The normalized spacial score (nSPS) is 10.5. The van der Waals surface area contributed by atoms with Crippen molar-refractivity contribution in [2.24, 2.45) is 0 Å². The maximum absolute atomic E-state index is 7.56. The Morgan fingerprint density at radius 2 is 0.455 bits per heavy atom. The third-order valence-electron chi connectivity index (χ3n) is 4.41. The molecule has 0 fully saturated rings. The van der Waals surface area contributed by atoms with Gasteiger partial charge in [0.1, 0.15) is 0 Å². The molecular weight excluding hydrogens is 552 g/mol. The Morgan fingerprint density at radius 1 is 0.364 bits per heavy atom. The third kappa shape index (κ3) is 108. The molecule has 0 heterocycles. The summed E-state index contributed by atoms with van der Waals surface area (Å²) in [7, 11) is 0. The number of hydrogen-bond acceptors (Lipinski definition) is 2. The quantitative estimate of drug-likeness (QED) is 0.0609. The van der Waals surface area contributed by atoms with E-state index in [-0.39, 0.29) is 19.5 Å². The van der Waals surface area contributed by atoms with Crippen molar-refractivity contribution < 1.29 is 48.8 Å². The van der Waals surface area contributed by atoms with E-state index in [0.29, 0.717) is 0 Å². The molecule has 0 spiro atoms. The van der Waals surface area contributed by atoms with Gasteiger partial charge in [0, 0.05) is 19.5 Å². The minimum Gasteiger partial charge on any atom is -0.325 e. The predicted molar refractivity (Wildman–Crippen MR) is 148 cm³/mol. The van der Waals surface area contributed by atoms with Gasteiger partial charge >= 0.3 is 13.4 Å². The molecule has 0 aliphatic carbocycles. The van der Waals surface area contributed by atoms with Gasteiger partial charge in [-0.15, -0.1) is 0 Å². The van der Waals surface area contributed by atoms with Gasteiger partial charge in [-0.25, -0.2) is 0 Å². The Hall–Kier alpha value is 1.68. The molecule has 202 valence electrons. The van der Waals surface area contributed by atoms with Crippen LogP contribution in [0.5, 0.6) is 0 Å². The van der Waals surface area contributed by atoms with E-state index in [4.69, 9.17) is 29.4 Å². The van der Waals surface area contributed by atoms with Crippen molar-refractivity contribution in [1.29, 1.82) is 0 Å². The van der Waals surface area contributed by atoms with Crippen LogP contribution in [-0.2, 0) is 43.1 Å². The van der Waals surface area contributed by atoms with Crippen molar-refractivity contribution in [3.63, 3.8) is 0 Å². The Labute approximate surface area is 228 Å². The first-order chi connectivity index (χ1) is 14.8. The molecule has 11 heteroatoms. The van der Waals surface area contributed by atoms with Crippen molar-refractivity contribution >= 4 is 37.1 Å². The molecule has 0 unspecified atom stereocenters. The molecular formula is C22H54O6P2S2Zn. The minimum absolute atomic E-state index is 0. The van der Waals surface area contributed by atoms with Crippen LogP contribution in [0.15, 0.2) is 0 Å². The van der Waals surface area contributed by atoms with Crippen molar-refractivity contribution in [2.45, 2.75) is 143 Å². The summed E-state index contributed by atoms with van der Waals surface area (Å²) in [6.07, 6.45) is 25.9. The smallest absolute Gasteiger partial charge is 0.319 e. The first-order valence-electron chi connectivity index (χ1n) is 12.4. The molecule has 0 aromatic carbocycles. The summed E-state index contributed by atoms with van der Waals surface area (Å²) < 4.78 is 0. The average molecular weight is 606 g/mol. The van der Waals surface area contributed by atoms with Gasteiger partial charge in [-0.2, -0.15) is 0 Å². The predicted octanol–water partition coefficient (Wildman–Crippen LogP) is 7.45. The first kappa shape index (κ1) is 44.7. The van der Waals surface area contributed by atoms with Crippen LogP contribution < -0.4 is 0 Å². The number of hydrogen-bond donors (Lipinski definition) is 6. The molecule has 0 radical (unpaired) electrons. The first-order valence-corrected chi connectivity index (χ1v) is 17.7. The summed E-state index contributed by atoms with van der Waals surface area (Å²) in [5.74, 6) is 0. The van der Waals surface area contributed by atoms with Gasteiger partial charge < -0.3 is 29.4 Å². The molecule has 33 heavy (non-hydrogen) atoms. The van der Waals surface area contributed by atoms with Gasteiger partial charge in [-0.3, -0.25) is 0 Å². The summed E-state index contributed by atoms with van der Waals surface area (Å²) in [5.41, 5.74) is 0. The molecule has 6 N–H and O–H groups in total. The van der Waals surface area contributed by atoms with E-state index >= 15 is 0 Å². The standard InChI is InChI=1S/2C11H24.2H3O3PS.Zn/c2*1-3-5-7-9-11-10-8-6-4-2;2*1-4(2,3)5;/h2*3-11H2,1-2H3;2*(H3,1,2,3,5);. The second-order valence-electron chi connectivity index (χ2n) is 7.98. The third-order valence-corrected chi connectivity index (χ3v) is 4.41. The van der Waals surface area contributed by atoms with E-state index in [1.165, 1.54) is 116 Å². The average Bonchev–Trinajstić information content (AvgIpc) is 2.65. The molecule has 0 atom stereocenters. The minimum atomic E-state index is -3.81. The fourth-order valence-electron chi connectivity index (χ4n) is 2.77.